The van der Waals surface area contributed by atoms with Gasteiger partial charge in [0.25, 0.3) is 0 Å². The maximum Gasteiger partial charge on any atom is 0.397 e. The smallest absolute Gasteiger partial charge is 0.397 e. The standard InChI is InChI=1S/C26H28ClNO6/c1-2-33-26(32)25(31)28-22-14-21(27)24(20-5-3-4-19(20)22)34-18-10-11-23(30)16(13-18)8-6-15-7-9-17(29)12-15/h10-11,13-15,30H,2-9,12H2,1H3,(H,28,31). The van der Waals surface area contributed by atoms with Crippen LogP contribution in [0.25, 0.3) is 0 Å². The topological polar surface area (TPSA) is 102 Å². The van der Waals surface area contributed by atoms with Crippen LogP contribution in [-0.4, -0.2) is 29.4 Å². The maximum atomic E-state index is 12.1. The van der Waals surface area contributed by atoms with Crippen molar-refractivity contribution in [2.45, 2.75) is 58.3 Å². The van der Waals surface area contributed by atoms with Crippen LogP contribution in [0, 0.1) is 5.92 Å². The van der Waals surface area contributed by atoms with Crippen molar-refractivity contribution >= 4 is 34.9 Å². The van der Waals surface area contributed by atoms with E-state index >= 15 is 0 Å². The summed E-state index contributed by atoms with van der Waals surface area (Å²) < 4.78 is 10.9. The minimum atomic E-state index is -0.940. The van der Waals surface area contributed by atoms with Gasteiger partial charge in [0.05, 0.1) is 11.6 Å². The zero-order valence-corrected chi connectivity index (χ0v) is 19.9. The van der Waals surface area contributed by atoms with Gasteiger partial charge in [-0.3, -0.25) is 9.59 Å². The number of hydrogen-bond acceptors (Lipinski definition) is 6. The van der Waals surface area contributed by atoms with Crippen molar-refractivity contribution in [1.29, 1.82) is 0 Å². The Morgan fingerprint density at radius 3 is 2.71 bits per heavy atom. The number of anilines is 1. The van der Waals surface area contributed by atoms with E-state index in [9.17, 15) is 19.5 Å². The fourth-order valence-corrected chi connectivity index (χ4v) is 5.01. The predicted molar refractivity (Wildman–Crippen MR) is 128 cm³/mol. The fraction of sp³-hybridized carbons (Fsp3) is 0.423. The van der Waals surface area contributed by atoms with Gasteiger partial charge in [0.1, 0.15) is 23.0 Å². The SMILES string of the molecule is CCOC(=O)C(=O)Nc1cc(Cl)c(Oc2ccc(O)c(CCC3CCC(=O)C3)c2)c2c1CCC2. The minimum absolute atomic E-state index is 0.116. The first-order valence-corrected chi connectivity index (χ1v) is 12.1. The Bertz CT molecular complexity index is 1130. The number of nitrogens with one attached hydrogen (secondary N) is 1. The van der Waals surface area contributed by atoms with Crippen LogP contribution < -0.4 is 10.1 Å². The highest BCUT2D eigenvalue weighted by atomic mass is 35.5. The van der Waals surface area contributed by atoms with Gasteiger partial charge in [-0.1, -0.05) is 11.6 Å². The lowest BCUT2D eigenvalue weighted by Gasteiger charge is -2.17. The van der Waals surface area contributed by atoms with Crippen molar-refractivity contribution in [1.82, 2.24) is 0 Å². The zero-order valence-electron chi connectivity index (χ0n) is 19.1. The number of hydrogen-bond donors (Lipinski definition) is 2. The molecule has 0 spiro atoms. The van der Waals surface area contributed by atoms with Crippen LogP contribution in [0.3, 0.4) is 0 Å². The van der Waals surface area contributed by atoms with Gasteiger partial charge in [-0.2, -0.15) is 0 Å². The molecule has 34 heavy (non-hydrogen) atoms. The molecule has 1 amide bonds. The molecule has 180 valence electrons. The second-order valence-corrected chi connectivity index (χ2v) is 9.21. The van der Waals surface area contributed by atoms with E-state index in [0.717, 1.165) is 48.8 Å². The van der Waals surface area contributed by atoms with E-state index in [0.29, 0.717) is 53.2 Å². The summed E-state index contributed by atoms with van der Waals surface area (Å²) in [6, 6.07) is 6.69. The van der Waals surface area contributed by atoms with E-state index in [1.807, 2.05) is 0 Å². The molecular formula is C26H28ClNO6. The molecule has 2 aliphatic carbocycles. The van der Waals surface area contributed by atoms with Crippen LogP contribution in [0.15, 0.2) is 24.3 Å². The number of ketones is 1. The second kappa shape index (κ2) is 10.5. The summed E-state index contributed by atoms with van der Waals surface area (Å²) in [6.07, 6.45) is 6.01. The first-order valence-electron chi connectivity index (χ1n) is 11.7. The molecule has 2 N–H and O–H groups in total. The number of benzene rings is 2. The minimum Gasteiger partial charge on any atom is -0.508 e. The molecule has 1 atom stereocenters. The lowest BCUT2D eigenvalue weighted by molar-refractivity contribution is -0.152. The molecule has 0 aliphatic heterocycles. The molecule has 1 fully saturated rings. The number of ether oxygens (including phenoxy) is 2. The molecule has 2 aliphatic rings. The molecule has 0 saturated heterocycles. The van der Waals surface area contributed by atoms with Crippen molar-refractivity contribution in [3.8, 4) is 17.2 Å². The third-order valence-electron chi connectivity index (χ3n) is 6.45. The number of carbonyl (C=O) groups excluding carboxylic acids is 3. The average Bonchev–Trinajstić information content (AvgIpc) is 3.46. The first kappa shape index (κ1) is 24.1. The number of fused-ring (bicyclic) bond motifs is 1. The number of halogens is 1. The van der Waals surface area contributed by atoms with Gasteiger partial charge in [0.15, 0.2) is 0 Å². The van der Waals surface area contributed by atoms with Crippen LogP contribution in [0.5, 0.6) is 17.2 Å². The monoisotopic (exact) mass is 485 g/mol. The molecule has 7 nitrogen and oxygen atoms in total. The van der Waals surface area contributed by atoms with E-state index in [1.54, 1.807) is 31.2 Å². The molecule has 2 aromatic carbocycles. The van der Waals surface area contributed by atoms with Gasteiger partial charge in [-0.25, -0.2) is 4.79 Å². The Morgan fingerprint density at radius 1 is 1.18 bits per heavy atom. The van der Waals surface area contributed by atoms with Crippen molar-refractivity contribution in [3.05, 3.63) is 46.0 Å². The number of phenolic OH excluding ortho intramolecular Hbond substituents is 1. The largest absolute Gasteiger partial charge is 0.508 e. The van der Waals surface area contributed by atoms with Crippen molar-refractivity contribution in [3.63, 3.8) is 0 Å². The van der Waals surface area contributed by atoms with Gasteiger partial charge >= 0.3 is 11.9 Å². The van der Waals surface area contributed by atoms with E-state index in [-0.39, 0.29) is 12.4 Å². The Hall–Kier alpha value is -3.06. The quantitative estimate of drug-likeness (QED) is 0.416. The molecule has 1 saturated carbocycles. The predicted octanol–water partition coefficient (Wildman–Crippen LogP) is 5.13. The number of phenols is 1. The average molecular weight is 486 g/mol. The summed E-state index contributed by atoms with van der Waals surface area (Å²) in [4.78, 5) is 35.4. The van der Waals surface area contributed by atoms with Gasteiger partial charge in [0, 0.05) is 24.1 Å². The van der Waals surface area contributed by atoms with Crippen molar-refractivity contribution in [2.24, 2.45) is 5.92 Å². The molecule has 4 rings (SSSR count). The van der Waals surface area contributed by atoms with Crippen LogP contribution in [0.1, 0.15) is 55.7 Å². The third kappa shape index (κ3) is 5.36. The van der Waals surface area contributed by atoms with Crippen molar-refractivity contribution in [2.75, 3.05) is 11.9 Å². The molecular weight excluding hydrogens is 458 g/mol. The summed E-state index contributed by atoms with van der Waals surface area (Å²) in [5.41, 5.74) is 3.04. The molecule has 0 aromatic heterocycles. The summed E-state index contributed by atoms with van der Waals surface area (Å²) in [5, 5.41) is 13.2. The third-order valence-corrected chi connectivity index (χ3v) is 6.74. The Balaban J connectivity index is 1.53. The lowest BCUT2D eigenvalue weighted by Crippen LogP contribution is -2.25. The lowest BCUT2D eigenvalue weighted by atomic mass is 9.97. The Morgan fingerprint density at radius 2 is 1.97 bits per heavy atom. The fourth-order valence-electron chi connectivity index (χ4n) is 4.75. The summed E-state index contributed by atoms with van der Waals surface area (Å²) in [6.45, 7) is 1.75. The Labute approximate surface area is 203 Å². The van der Waals surface area contributed by atoms with E-state index < -0.39 is 11.9 Å². The highest BCUT2D eigenvalue weighted by Crippen LogP contribution is 2.43. The number of Topliss-reactive ketones (excluding diaryl/α,β-unsaturated/α-hetero) is 1. The zero-order chi connectivity index (χ0) is 24.2. The van der Waals surface area contributed by atoms with Gasteiger partial charge < -0.3 is 19.9 Å². The van der Waals surface area contributed by atoms with Crippen LogP contribution >= 0.6 is 11.6 Å². The molecule has 0 bridgehead atoms. The van der Waals surface area contributed by atoms with Crippen molar-refractivity contribution < 1.29 is 29.0 Å². The number of amides is 1. The molecule has 0 radical (unpaired) electrons. The van der Waals surface area contributed by atoms with Crippen LogP contribution in [0.2, 0.25) is 5.02 Å². The number of esters is 1. The number of aryl methyl sites for hydroxylation is 1. The first-order chi connectivity index (χ1) is 16.4. The van der Waals surface area contributed by atoms with Crippen LogP contribution in [-0.2, 0) is 38.4 Å². The van der Waals surface area contributed by atoms with E-state index in [2.05, 4.69) is 5.32 Å². The number of aromatic hydroxyl groups is 1. The highest BCUT2D eigenvalue weighted by Gasteiger charge is 2.26. The highest BCUT2D eigenvalue weighted by molar-refractivity contribution is 6.38. The molecule has 0 heterocycles. The van der Waals surface area contributed by atoms with E-state index in [4.69, 9.17) is 21.1 Å². The summed E-state index contributed by atoms with van der Waals surface area (Å²) >= 11 is 6.55. The molecule has 8 heteroatoms. The molecule has 2 aromatic rings. The summed E-state index contributed by atoms with van der Waals surface area (Å²) in [7, 11) is 0. The maximum absolute atomic E-state index is 12.1. The normalized spacial score (nSPS) is 16.9. The number of rotatable bonds is 7. The second-order valence-electron chi connectivity index (χ2n) is 8.80. The van der Waals surface area contributed by atoms with Crippen LogP contribution in [0.4, 0.5) is 5.69 Å². The summed E-state index contributed by atoms with van der Waals surface area (Å²) in [5.74, 6) is 0.168. The van der Waals surface area contributed by atoms with E-state index in [1.165, 1.54) is 0 Å². The van der Waals surface area contributed by atoms with Gasteiger partial charge in [-0.05, 0) is 86.8 Å². The Kier molecular flexibility index (Phi) is 7.41. The van der Waals surface area contributed by atoms with Gasteiger partial charge in [0.2, 0.25) is 0 Å². The van der Waals surface area contributed by atoms with Gasteiger partial charge in [-0.15, -0.1) is 0 Å². The molecule has 1 unspecified atom stereocenters. The number of carbonyl (C=O) groups is 3.